The van der Waals surface area contributed by atoms with Gasteiger partial charge >= 0.3 is 5.97 Å². The molecule has 1 saturated heterocycles. The molecule has 1 aromatic rings. The highest BCUT2D eigenvalue weighted by molar-refractivity contribution is 8.08. The van der Waals surface area contributed by atoms with Crippen molar-refractivity contribution in [2.75, 3.05) is 5.75 Å². The number of allylic oxidation sites excluding steroid dienone is 1. The van der Waals surface area contributed by atoms with Crippen molar-refractivity contribution in [3.05, 3.63) is 58.0 Å². The van der Waals surface area contributed by atoms with Gasteiger partial charge in [-0.1, -0.05) is 47.2 Å². The maximum Gasteiger partial charge on any atom is 0.353 e. The van der Waals surface area contributed by atoms with E-state index in [2.05, 4.69) is 10.5 Å². The fourth-order valence-electron chi connectivity index (χ4n) is 2.88. The fraction of sp³-hybridized carbons (Fsp3) is 0.222. The number of β-lactam (4-membered cyclic amide) rings is 1. The minimum absolute atomic E-state index is 0.0714. The van der Waals surface area contributed by atoms with Crippen LogP contribution in [0.25, 0.3) is 0 Å². The van der Waals surface area contributed by atoms with Gasteiger partial charge in [0.2, 0.25) is 5.91 Å². The van der Waals surface area contributed by atoms with E-state index < -0.39 is 23.3 Å². The maximum absolute atomic E-state index is 12.5. The minimum Gasteiger partial charge on any atom is -0.477 e. The van der Waals surface area contributed by atoms with Gasteiger partial charge in [-0.3, -0.25) is 14.5 Å². The molecule has 0 aromatic heterocycles. The zero-order valence-electron chi connectivity index (χ0n) is 14.5. The molecule has 146 valence electrons. The Hall–Kier alpha value is -2.72. The number of thioether (sulfide) groups is 2. The SMILES string of the molecule is O=C(Cc1ccccc1)NC1C(=O)N2C(C(=O)O)=C(S/C=C\C=N\O)CS[C@H]12. The second kappa shape index (κ2) is 8.98. The average Bonchev–Trinajstić information content (AvgIpc) is 2.69. The Morgan fingerprint density at radius 3 is 2.79 bits per heavy atom. The van der Waals surface area contributed by atoms with E-state index in [0.717, 1.165) is 23.5 Å². The molecular weight excluding hydrogens is 402 g/mol. The molecule has 3 rings (SSSR count). The number of amides is 2. The molecule has 28 heavy (non-hydrogen) atoms. The summed E-state index contributed by atoms with van der Waals surface area (Å²) in [5, 5.41) is 24.6. The lowest BCUT2D eigenvalue weighted by Crippen LogP contribution is -2.70. The van der Waals surface area contributed by atoms with Gasteiger partial charge in [0.15, 0.2) is 0 Å². The van der Waals surface area contributed by atoms with Crippen LogP contribution in [0.15, 0.2) is 57.6 Å². The fourth-order valence-corrected chi connectivity index (χ4v) is 5.16. The first-order chi connectivity index (χ1) is 13.5. The predicted molar refractivity (Wildman–Crippen MR) is 107 cm³/mol. The average molecular weight is 419 g/mol. The number of carbonyl (C=O) groups is 3. The van der Waals surface area contributed by atoms with Gasteiger partial charge in [0, 0.05) is 10.7 Å². The molecule has 2 aliphatic rings. The first-order valence-electron chi connectivity index (χ1n) is 8.26. The summed E-state index contributed by atoms with van der Waals surface area (Å²) in [6.07, 6.45) is 2.76. The monoisotopic (exact) mass is 419 g/mol. The first kappa shape index (κ1) is 20.0. The highest BCUT2D eigenvalue weighted by Crippen LogP contribution is 2.43. The van der Waals surface area contributed by atoms with Crippen molar-refractivity contribution in [2.24, 2.45) is 5.16 Å². The number of aliphatic carboxylic acids is 1. The molecule has 10 heteroatoms. The lowest BCUT2D eigenvalue weighted by Gasteiger charge is -2.49. The van der Waals surface area contributed by atoms with E-state index in [-0.39, 0.29) is 18.0 Å². The predicted octanol–water partition coefficient (Wildman–Crippen LogP) is 1.63. The van der Waals surface area contributed by atoms with Gasteiger partial charge in [0.05, 0.1) is 12.6 Å². The Kier molecular flexibility index (Phi) is 6.42. The maximum atomic E-state index is 12.5. The van der Waals surface area contributed by atoms with E-state index in [1.54, 1.807) is 5.41 Å². The molecule has 0 aliphatic carbocycles. The number of carboxylic acid groups (broad SMARTS) is 1. The second-order valence-corrected chi connectivity index (χ2v) is 8.01. The van der Waals surface area contributed by atoms with Gasteiger partial charge in [0.25, 0.3) is 5.91 Å². The van der Waals surface area contributed by atoms with Crippen LogP contribution in [0.4, 0.5) is 0 Å². The molecule has 2 heterocycles. The summed E-state index contributed by atoms with van der Waals surface area (Å²) in [6, 6.07) is 8.44. The van der Waals surface area contributed by atoms with E-state index >= 15 is 0 Å². The normalized spacial score (nSPS) is 21.7. The number of carboxylic acids is 1. The van der Waals surface area contributed by atoms with E-state index in [9.17, 15) is 19.5 Å². The van der Waals surface area contributed by atoms with Crippen molar-refractivity contribution in [3.8, 4) is 0 Å². The van der Waals surface area contributed by atoms with E-state index in [4.69, 9.17) is 5.21 Å². The number of fused-ring (bicyclic) bond motifs is 1. The Morgan fingerprint density at radius 2 is 2.11 bits per heavy atom. The van der Waals surface area contributed by atoms with Gasteiger partial charge in [-0.2, -0.15) is 0 Å². The smallest absolute Gasteiger partial charge is 0.353 e. The van der Waals surface area contributed by atoms with Gasteiger partial charge < -0.3 is 15.6 Å². The number of hydrogen-bond donors (Lipinski definition) is 3. The van der Waals surface area contributed by atoms with Crippen LogP contribution in [0.2, 0.25) is 0 Å². The van der Waals surface area contributed by atoms with Crippen LogP contribution in [0.1, 0.15) is 5.56 Å². The van der Waals surface area contributed by atoms with E-state index in [1.165, 1.54) is 22.7 Å². The van der Waals surface area contributed by atoms with Crippen molar-refractivity contribution in [1.82, 2.24) is 10.2 Å². The lowest BCUT2D eigenvalue weighted by atomic mass is 10.0. The Bertz CT molecular complexity index is 869. The van der Waals surface area contributed by atoms with Gasteiger partial charge in [-0.25, -0.2) is 4.79 Å². The van der Waals surface area contributed by atoms with Crippen LogP contribution in [0.3, 0.4) is 0 Å². The highest BCUT2D eigenvalue weighted by atomic mass is 32.2. The summed E-state index contributed by atoms with van der Waals surface area (Å²) in [6.45, 7) is 0. The van der Waals surface area contributed by atoms with Crippen molar-refractivity contribution in [3.63, 3.8) is 0 Å². The number of rotatable bonds is 7. The molecule has 2 atom stereocenters. The van der Waals surface area contributed by atoms with Crippen LogP contribution in [0, 0.1) is 0 Å². The van der Waals surface area contributed by atoms with E-state index in [1.807, 2.05) is 30.3 Å². The molecular formula is C18H17N3O5S2. The summed E-state index contributed by atoms with van der Waals surface area (Å²) in [4.78, 5) is 38.2. The first-order valence-corrected chi connectivity index (χ1v) is 10.2. The van der Waals surface area contributed by atoms with Crippen LogP contribution < -0.4 is 5.32 Å². The molecule has 0 bridgehead atoms. The number of oxime groups is 1. The molecule has 8 nitrogen and oxygen atoms in total. The standard InChI is InChI=1S/C18H17N3O5S2/c22-13(9-11-5-2-1-3-6-11)20-14-16(23)21-15(18(24)25)12(10-28-17(14)21)27-8-4-7-19-26/h1-8,14,17,26H,9-10H2,(H,20,22)(H,24,25)/b8-4-,19-7+/t14?,17-/m1/s1. The molecule has 0 radical (unpaired) electrons. The number of nitrogens with zero attached hydrogens (tertiary/aromatic N) is 2. The van der Waals surface area contributed by atoms with Gasteiger partial charge in [-0.15, -0.1) is 11.8 Å². The molecule has 1 aromatic carbocycles. The van der Waals surface area contributed by atoms with E-state index in [0.29, 0.717) is 10.7 Å². The topological polar surface area (TPSA) is 119 Å². The summed E-state index contributed by atoms with van der Waals surface area (Å²) < 4.78 is 0. The molecule has 0 spiro atoms. The second-order valence-electron chi connectivity index (χ2n) is 5.91. The summed E-state index contributed by atoms with van der Waals surface area (Å²) in [7, 11) is 0. The molecule has 0 saturated carbocycles. The van der Waals surface area contributed by atoms with Crippen molar-refractivity contribution in [2.45, 2.75) is 17.8 Å². The van der Waals surface area contributed by atoms with Crippen LogP contribution in [-0.2, 0) is 20.8 Å². The molecule has 3 N–H and O–H groups in total. The van der Waals surface area contributed by atoms with Gasteiger partial charge in [0.1, 0.15) is 17.1 Å². The lowest BCUT2D eigenvalue weighted by molar-refractivity contribution is -0.150. The Balaban J connectivity index is 1.68. The Morgan fingerprint density at radius 1 is 1.36 bits per heavy atom. The highest BCUT2D eigenvalue weighted by Gasteiger charge is 2.54. The third-order valence-corrected chi connectivity index (χ3v) is 6.48. The van der Waals surface area contributed by atoms with Crippen molar-refractivity contribution >= 4 is 47.5 Å². The van der Waals surface area contributed by atoms with Crippen LogP contribution >= 0.6 is 23.5 Å². The number of nitrogens with one attached hydrogen (secondary N) is 1. The van der Waals surface area contributed by atoms with Crippen molar-refractivity contribution in [1.29, 1.82) is 0 Å². The molecule has 2 amide bonds. The van der Waals surface area contributed by atoms with Crippen molar-refractivity contribution < 1.29 is 24.7 Å². The zero-order valence-corrected chi connectivity index (χ0v) is 16.2. The number of carbonyl (C=O) groups excluding carboxylic acids is 2. The third kappa shape index (κ3) is 4.23. The van der Waals surface area contributed by atoms with Crippen LogP contribution in [0.5, 0.6) is 0 Å². The quantitative estimate of drug-likeness (QED) is 0.266. The largest absolute Gasteiger partial charge is 0.477 e. The molecule has 1 fully saturated rings. The molecule has 2 aliphatic heterocycles. The summed E-state index contributed by atoms with van der Waals surface area (Å²) >= 11 is 2.54. The van der Waals surface area contributed by atoms with Crippen LogP contribution in [-0.4, -0.2) is 56.4 Å². The zero-order chi connectivity index (χ0) is 20.1. The number of benzene rings is 1. The third-order valence-electron chi connectivity index (χ3n) is 4.10. The minimum atomic E-state index is -1.19. The molecule has 1 unspecified atom stereocenters. The number of hydrogen-bond acceptors (Lipinski definition) is 7. The Labute approximate surface area is 169 Å². The summed E-state index contributed by atoms with van der Waals surface area (Å²) in [5.41, 5.74) is 0.765. The van der Waals surface area contributed by atoms with Gasteiger partial charge in [-0.05, 0) is 17.0 Å². The summed E-state index contributed by atoms with van der Waals surface area (Å²) in [5.74, 6) is -1.52.